The average molecular weight is 414 g/mol. The van der Waals surface area contributed by atoms with Crippen LogP contribution in [0, 0.1) is 0 Å². The lowest BCUT2D eigenvalue weighted by Gasteiger charge is -2.46. The molecule has 3 N–H and O–H groups in total. The van der Waals surface area contributed by atoms with Crippen molar-refractivity contribution in [1.29, 1.82) is 0 Å². The molecule has 0 aromatic heterocycles. The molecule has 0 spiro atoms. The van der Waals surface area contributed by atoms with E-state index in [0.717, 1.165) is 37.1 Å². The molecule has 2 atom stereocenters. The number of carbonyl (C=O) groups is 1. The molecule has 2 heterocycles. The Morgan fingerprint density at radius 3 is 2.90 bits per heavy atom. The Balaban J connectivity index is 1.74. The van der Waals surface area contributed by atoms with Gasteiger partial charge in [0.25, 0.3) is 5.91 Å². The van der Waals surface area contributed by atoms with Crippen molar-refractivity contribution in [3.63, 3.8) is 0 Å². The number of benzene rings is 2. The van der Waals surface area contributed by atoms with Gasteiger partial charge in [0.15, 0.2) is 0 Å². The number of nitrogens with zero attached hydrogens (tertiary/aromatic N) is 1. The van der Waals surface area contributed by atoms with E-state index in [4.69, 9.17) is 22.1 Å². The van der Waals surface area contributed by atoms with Gasteiger partial charge in [-0.15, -0.1) is 0 Å². The number of nitrogen functional groups attached to an aromatic ring is 1. The first kappa shape index (κ1) is 20.0. The maximum absolute atomic E-state index is 12.2. The van der Waals surface area contributed by atoms with Crippen molar-refractivity contribution in [2.75, 3.05) is 19.9 Å². The van der Waals surface area contributed by atoms with E-state index in [9.17, 15) is 4.79 Å². The molecule has 5 nitrogen and oxygen atoms in total. The molecule has 2 aromatic rings. The van der Waals surface area contributed by atoms with Crippen LogP contribution in [-0.2, 0) is 12.1 Å². The van der Waals surface area contributed by atoms with Crippen molar-refractivity contribution in [3.8, 4) is 5.75 Å². The number of hydrogen-bond donors (Lipinski definition) is 2. The van der Waals surface area contributed by atoms with Crippen molar-refractivity contribution in [2.45, 2.75) is 50.2 Å². The fourth-order valence-electron chi connectivity index (χ4n) is 5.19. The van der Waals surface area contributed by atoms with Crippen LogP contribution in [0.4, 0.5) is 5.69 Å². The van der Waals surface area contributed by atoms with E-state index in [-0.39, 0.29) is 11.4 Å². The molecule has 2 aromatic carbocycles. The molecule has 1 amide bonds. The van der Waals surface area contributed by atoms with Crippen LogP contribution in [0.1, 0.15) is 53.6 Å². The summed E-state index contributed by atoms with van der Waals surface area (Å²) in [5.74, 6) is 0.721. The summed E-state index contributed by atoms with van der Waals surface area (Å²) in [6.07, 6.45) is 5.74. The maximum atomic E-state index is 12.2. The first-order chi connectivity index (χ1) is 14.0. The fraction of sp³-hybridized carbons (Fsp3) is 0.435. The smallest absolute Gasteiger partial charge is 0.251 e. The summed E-state index contributed by atoms with van der Waals surface area (Å²) in [6, 6.07) is 12.4. The van der Waals surface area contributed by atoms with E-state index in [1.165, 1.54) is 18.4 Å². The Bertz CT molecular complexity index is 928. The van der Waals surface area contributed by atoms with Gasteiger partial charge in [-0.1, -0.05) is 23.7 Å². The highest BCUT2D eigenvalue weighted by Gasteiger charge is 2.49. The van der Waals surface area contributed by atoms with Crippen LogP contribution in [0.15, 0.2) is 36.4 Å². The number of nitrogens with one attached hydrogen (secondary N) is 1. The van der Waals surface area contributed by atoms with E-state index in [2.05, 4.69) is 22.3 Å². The second-order valence-electron chi connectivity index (χ2n) is 8.09. The molecule has 0 aliphatic carbocycles. The summed E-state index contributed by atoms with van der Waals surface area (Å²) >= 11 is 6.33. The van der Waals surface area contributed by atoms with Crippen LogP contribution in [0.25, 0.3) is 0 Å². The number of hydrogen-bond acceptors (Lipinski definition) is 4. The third-order valence-corrected chi connectivity index (χ3v) is 6.97. The van der Waals surface area contributed by atoms with Gasteiger partial charge in [-0.2, -0.15) is 0 Å². The average Bonchev–Trinajstić information content (AvgIpc) is 2.94. The second kappa shape index (κ2) is 7.88. The van der Waals surface area contributed by atoms with Crippen LogP contribution in [0.2, 0.25) is 5.02 Å². The number of anilines is 1. The summed E-state index contributed by atoms with van der Waals surface area (Å²) in [5.41, 5.74) is 9.42. The molecule has 2 aliphatic rings. The predicted octanol–water partition coefficient (Wildman–Crippen LogP) is 4.33. The largest absolute Gasteiger partial charge is 0.496 e. The fourth-order valence-corrected chi connectivity index (χ4v) is 5.38. The molecule has 2 fully saturated rings. The standard InChI is InChI=1S/C23H28ClN3O2/c1-26-22(28)15-5-3-6-17(11-15)23-9-4-7-18(8-10-23)27(23)14-16-12-19(24)20(25)13-21(16)29-2/h3,5-6,11-13,18H,4,7-10,14,25H2,1-2H3,(H,26,28). The number of piperidine rings is 1. The van der Waals surface area contributed by atoms with Gasteiger partial charge in [0, 0.05) is 42.4 Å². The molecule has 2 bridgehead atoms. The number of rotatable bonds is 5. The Morgan fingerprint density at radius 1 is 1.31 bits per heavy atom. The van der Waals surface area contributed by atoms with Crippen LogP contribution < -0.4 is 15.8 Å². The summed E-state index contributed by atoms with van der Waals surface area (Å²) < 4.78 is 5.60. The highest BCUT2D eigenvalue weighted by molar-refractivity contribution is 6.33. The Hall–Kier alpha value is -2.24. The molecule has 2 saturated heterocycles. The molecule has 0 radical (unpaired) electrons. The van der Waals surface area contributed by atoms with Crippen molar-refractivity contribution in [1.82, 2.24) is 10.2 Å². The van der Waals surface area contributed by atoms with E-state index < -0.39 is 0 Å². The molecule has 6 heteroatoms. The third-order valence-electron chi connectivity index (χ3n) is 6.64. The van der Waals surface area contributed by atoms with E-state index in [1.54, 1.807) is 14.2 Å². The van der Waals surface area contributed by atoms with Crippen LogP contribution >= 0.6 is 11.6 Å². The van der Waals surface area contributed by atoms with Crippen molar-refractivity contribution < 1.29 is 9.53 Å². The second-order valence-corrected chi connectivity index (χ2v) is 8.50. The van der Waals surface area contributed by atoms with Gasteiger partial charge < -0.3 is 15.8 Å². The molecule has 0 saturated carbocycles. The number of nitrogens with two attached hydrogens (primary N) is 1. The summed E-state index contributed by atoms with van der Waals surface area (Å²) in [4.78, 5) is 14.8. The topological polar surface area (TPSA) is 67.6 Å². The van der Waals surface area contributed by atoms with Crippen LogP contribution in [0.5, 0.6) is 5.75 Å². The minimum absolute atomic E-state index is 0.0489. The van der Waals surface area contributed by atoms with Crippen LogP contribution in [-0.4, -0.2) is 31.0 Å². The monoisotopic (exact) mass is 413 g/mol. The van der Waals surface area contributed by atoms with Gasteiger partial charge in [0.2, 0.25) is 0 Å². The Kier molecular flexibility index (Phi) is 5.45. The Labute approximate surface area is 177 Å². The zero-order chi connectivity index (χ0) is 20.6. The summed E-state index contributed by atoms with van der Waals surface area (Å²) in [5, 5.41) is 3.29. The van der Waals surface area contributed by atoms with E-state index in [0.29, 0.717) is 22.3 Å². The molecule has 2 unspecified atom stereocenters. The molecule has 29 heavy (non-hydrogen) atoms. The van der Waals surface area contributed by atoms with Gasteiger partial charge in [-0.05, 0) is 55.9 Å². The van der Waals surface area contributed by atoms with Crippen molar-refractivity contribution in [3.05, 3.63) is 58.1 Å². The third kappa shape index (κ3) is 3.47. The summed E-state index contributed by atoms with van der Waals surface area (Å²) in [7, 11) is 3.34. The van der Waals surface area contributed by atoms with E-state index in [1.807, 2.05) is 24.3 Å². The predicted molar refractivity (Wildman–Crippen MR) is 116 cm³/mol. The number of ether oxygens (including phenoxy) is 1. The molecular weight excluding hydrogens is 386 g/mol. The molecule has 154 valence electrons. The lowest BCUT2D eigenvalue weighted by Crippen LogP contribution is -2.47. The first-order valence-corrected chi connectivity index (χ1v) is 10.6. The minimum Gasteiger partial charge on any atom is -0.496 e. The van der Waals surface area contributed by atoms with E-state index >= 15 is 0 Å². The zero-order valence-electron chi connectivity index (χ0n) is 17.0. The van der Waals surface area contributed by atoms with Gasteiger partial charge in [-0.3, -0.25) is 9.69 Å². The van der Waals surface area contributed by atoms with Gasteiger partial charge in [0.1, 0.15) is 5.75 Å². The lowest BCUT2D eigenvalue weighted by atomic mass is 9.80. The highest BCUT2D eigenvalue weighted by atomic mass is 35.5. The lowest BCUT2D eigenvalue weighted by molar-refractivity contribution is 0.0419. The number of carbonyl (C=O) groups excluding carboxylic acids is 1. The quantitative estimate of drug-likeness (QED) is 0.716. The molecule has 2 aliphatic heterocycles. The number of methoxy groups -OCH3 is 1. The SMILES string of the molecule is CNC(=O)c1cccc(C23CCCC(CC2)N3Cc2cc(Cl)c(N)cc2OC)c1. The number of fused-ring (bicyclic) bond motifs is 2. The maximum Gasteiger partial charge on any atom is 0.251 e. The zero-order valence-corrected chi connectivity index (χ0v) is 17.8. The Morgan fingerprint density at radius 2 is 2.14 bits per heavy atom. The molecule has 4 rings (SSSR count). The molecular formula is C23H28ClN3O2. The first-order valence-electron chi connectivity index (χ1n) is 10.2. The van der Waals surface area contributed by atoms with Gasteiger partial charge in [0.05, 0.1) is 17.8 Å². The van der Waals surface area contributed by atoms with Gasteiger partial charge in [-0.25, -0.2) is 0 Å². The van der Waals surface area contributed by atoms with Crippen molar-refractivity contribution >= 4 is 23.2 Å². The number of amides is 1. The summed E-state index contributed by atoms with van der Waals surface area (Å²) in [6.45, 7) is 0.748. The number of halogens is 1. The minimum atomic E-state index is -0.0637. The van der Waals surface area contributed by atoms with Crippen LogP contribution in [0.3, 0.4) is 0 Å². The van der Waals surface area contributed by atoms with Crippen molar-refractivity contribution in [2.24, 2.45) is 0 Å². The highest BCUT2D eigenvalue weighted by Crippen LogP contribution is 2.52. The normalized spacial score (nSPS) is 23.8. The van der Waals surface area contributed by atoms with Gasteiger partial charge >= 0.3 is 0 Å².